The number of nitrogens with zero attached hydrogens (tertiary/aromatic N) is 3. The Hall–Kier alpha value is -2.35. The molecule has 3 heterocycles. The number of hydrogen-bond donors (Lipinski definition) is 1. The van der Waals surface area contributed by atoms with Gasteiger partial charge in [0.2, 0.25) is 5.95 Å². The van der Waals surface area contributed by atoms with Crippen molar-refractivity contribution in [3.05, 3.63) is 51.9 Å². The molecule has 0 atom stereocenters. The maximum atomic E-state index is 12.7. The number of fused-ring (bicyclic) bond motifs is 1. The number of pyridine rings is 1. The average molecular weight is 423 g/mol. The lowest BCUT2D eigenvalue weighted by Crippen LogP contribution is -2.29. The summed E-state index contributed by atoms with van der Waals surface area (Å²) in [5.74, 6) is 1.26. The third kappa shape index (κ3) is 4.38. The molecule has 1 saturated heterocycles. The SMILES string of the molecule is Cl.Cn1c(=O)c(Oc2ccc(Cl)cc2)cc2cnc(NC3CCOCC3)nc21. The molecule has 0 radical (unpaired) electrons. The second-order valence-corrected chi connectivity index (χ2v) is 6.87. The van der Waals surface area contributed by atoms with Crippen molar-refractivity contribution in [2.75, 3.05) is 18.5 Å². The van der Waals surface area contributed by atoms with Crippen LogP contribution in [0.1, 0.15) is 12.8 Å². The van der Waals surface area contributed by atoms with Gasteiger partial charge in [0.25, 0.3) is 5.56 Å². The number of benzene rings is 1. The molecule has 0 unspecified atom stereocenters. The van der Waals surface area contributed by atoms with E-state index in [9.17, 15) is 4.79 Å². The third-order valence-corrected chi connectivity index (χ3v) is 4.76. The first-order valence-electron chi connectivity index (χ1n) is 8.74. The van der Waals surface area contributed by atoms with Gasteiger partial charge in [0.1, 0.15) is 11.4 Å². The van der Waals surface area contributed by atoms with Crippen molar-refractivity contribution in [3.8, 4) is 11.5 Å². The molecular formula is C19H20Cl2N4O3. The van der Waals surface area contributed by atoms with Gasteiger partial charge in [-0.2, -0.15) is 4.98 Å². The molecule has 0 spiro atoms. The fraction of sp³-hybridized carbons (Fsp3) is 0.316. The summed E-state index contributed by atoms with van der Waals surface area (Å²) in [4.78, 5) is 21.6. The minimum absolute atomic E-state index is 0. The highest BCUT2D eigenvalue weighted by molar-refractivity contribution is 6.30. The summed E-state index contributed by atoms with van der Waals surface area (Å²) >= 11 is 5.88. The summed E-state index contributed by atoms with van der Waals surface area (Å²) < 4.78 is 12.6. The van der Waals surface area contributed by atoms with Crippen LogP contribution >= 0.6 is 24.0 Å². The first-order chi connectivity index (χ1) is 13.1. The largest absolute Gasteiger partial charge is 0.452 e. The van der Waals surface area contributed by atoms with Crippen LogP contribution in [0.3, 0.4) is 0 Å². The monoisotopic (exact) mass is 422 g/mol. The fourth-order valence-corrected chi connectivity index (χ4v) is 3.14. The van der Waals surface area contributed by atoms with Crippen LogP contribution in [0.5, 0.6) is 11.5 Å². The Labute approximate surface area is 173 Å². The molecule has 1 aromatic carbocycles. The number of hydrogen-bond acceptors (Lipinski definition) is 6. The molecule has 3 aromatic rings. The predicted molar refractivity (Wildman–Crippen MR) is 111 cm³/mol. The van der Waals surface area contributed by atoms with E-state index in [2.05, 4.69) is 15.3 Å². The van der Waals surface area contributed by atoms with Crippen LogP contribution in [-0.2, 0) is 11.8 Å². The molecule has 2 aromatic heterocycles. The quantitative estimate of drug-likeness (QED) is 0.688. The van der Waals surface area contributed by atoms with Gasteiger partial charge >= 0.3 is 0 Å². The van der Waals surface area contributed by atoms with Crippen LogP contribution in [0.2, 0.25) is 5.02 Å². The van der Waals surface area contributed by atoms with E-state index < -0.39 is 0 Å². The van der Waals surface area contributed by atoms with Gasteiger partial charge in [0.15, 0.2) is 5.75 Å². The van der Waals surface area contributed by atoms with Crippen LogP contribution in [0.15, 0.2) is 41.3 Å². The summed E-state index contributed by atoms with van der Waals surface area (Å²) in [6.07, 6.45) is 3.51. The van der Waals surface area contributed by atoms with Crippen LogP contribution < -0.4 is 15.6 Å². The van der Waals surface area contributed by atoms with Gasteiger partial charge in [-0.1, -0.05) is 11.6 Å². The van der Waals surface area contributed by atoms with Crippen LogP contribution in [0, 0.1) is 0 Å². The highest BCUT2D eigenvalue weighted by atomic mass is 35.5. The van der Waals surface area contributed by atoms with Gasteiger partial charge in [-0.3, -0.25) is 9.36 Å². The van der Waals surface area contributed by atoms with E-state index in [1.54, 1.807) is 43.6 Å². The average Bonchev–Trinajstić information content (AvgIpc) is 2.69. The van der Waals surface area contributed by atoms with Crippen molar-refractivity contribution in [1.82, 2.24) is 14.5 Å². The van der Waals surface area contributed by atoms with E-state index in [4.69, 9.17) is 21.1 Å². The lowest BCUT2D eigenvalue weighted by molar-refractivity contribution is 0.0903. The zero-order chi connectivity index (χ0) is 18.8. The van der Waals surface area contributed by atoms with Gasteiger partial charge in [-0.05, 0) is 43.2 Å². The lowest BCUT2D eigenvalue weighted by Gasteiger charge is -2.23. The summed E-state index contributed by atoms with van der Waals surface area (Å²) in [7, 11) is 1.67. The highest BCUT2D eigenvalue weighted by Crippen LogP contribution is 2.23. The topological polar surface area (TPSA) is 78.3 Å². The Kier molecular flexibility index (Phi) is 6.39. The molecule has 0 bridgehead atoms. The number of nitrogens with one attached hydrogen (secondary N) is 1. The summed E-state index contributed by atoms with van der Waals surface area (Å²) in [5.41, 5.74) is 0.279. The second-order valence-electron chi connectivity index (χ2n) is 6.43. The zero-order valence-electron chi connectivity index (χ0n) is 15.2. The molecule has 7 nitrogen and oxygen atoms in total. The molecule has 0 aliphatic carbocycles. The second kappa shape index (κ2) is 8.77. The molecular weight excluding hydrogens is 403 g/mol. The number of aryl methyl sites for hydroxylation is 1. The minimum atomic E-state index is -0.270. The molecule has 9 heteroatoms. The van der Waals surface area contributed by atoms with Crippen molar-refractivity contribution in [2.24, 2.45) is 7.05 Å². The van der Waals surface area contributed by atoms with Gasteiger partial charge in [-0.25, -0.2) is 4.98 Å². The molecule has 1 aliphatic heterocycles. The van der Waals surface area contributed by atoms with E-state index >= 15 is 0 Å². The van der Waals surface area contributed by atoms with E-state index in [0.717, 1.165) is 31.4 Å². The van der Waals surface area contributed by atoms with Crippen LogP contribution in [0.25, 0.3) is 11.0 Å². The first-order valence-corrected chi connectivity index (χ1v) is 9.12. The lowest BCUT2D eigenvalue weighted by atomic mass is 10.1. The summed E-state index contributed by atoms with van der Waals surface area (Å²) in [6.45, 7) is 1.46. The van der Waals surface area contributed by atoms with Gasteiger partial charge in [0.05, 0.1) is 0 Å². The Morgan fingerprint density at radius 1 is 1.25 bits per heavy atom. The van der Waals surface area contributed by atoms with Gasteiger partial charge in [-0.15, -0.1) is 12.4 Å². The molecule has 0 saturated carbocycles. The Morgan fingerprint density at radius 2 is 1.96 bits per heavy atom. The number of anilines is 1. The fourth-order valence-electron chi connectivity index (χ4n) is 3.01. The normalized spacial score (nSPS) is 14.5. The maximum absolute atomic E-state index is 12.7. The van der Waals surface area contributed by atoms with Crippen molar-refractivity contribution in [2.45, 2.75) is 18.9 Å². The van der Waals surface area contributed by atoms with Crippen molar-refractivity contribution >= 4 is 41.0 Å². The third-order valence-electron chi connectivity index (χ3n) is 4.51. The maximum Gasteiger partial charge on any atom is 0.294 e. The smallest absolute Gasteiger partial charge is 0.294 e. The Balaban J connectivity index is 0.00000225. The standard InChI is InChI=1S/C19H19ClN4O3.ClH/c1-24-17-12(11-21-19(23-17)22-14-6-8-26-9-7-14)10-16(18(24)25)27-15-4-2-13(20)3-5-15;/h2-5,10-11,14H,6-9H2,1H3,(H,21,22,23);1H. The van der Waals surface area contributed by atoms with Gasteiger partial charge in [0, 0.05) is 42.9 Å². The molecule has 1 aliphatic rings. The summed E-state index contributed by atoms with van der Waals surface area (Å²) in [5, 5.41) is 4.64. The minimum Gasteiger partial charge on any atom is -0.452 e. The highest BCUT2D eigenvalue weighted by Gasteiger charge is 2.16. The Bertz CT molecular complexity index is 1020. The molecule has 28 heavy (non-hydrogen) atoms. The van der Waals surface area contributed by atoms with Crippen molar-refractivity contribution in [1.29, 1.82) is 0 Å². The first kappa shape index (κ1) is 20.4. The number of halogens is 2. The van der Waals surface area contributed by atoms with E-state index in [1.165, 1.54) is 4.57 Å². The molecule has 1 fully saturated rings. The molecule has 1 N–H and O–H groups in total. The van der Waals surface area contributed by atoms with E-state index in [0.29, 0.717) is 22.4 Å². The molecule has 0 amide bonds. The number of aromatic nitrogens is 3. The van der Waals surface area contributed by atoms with Crippen LogP contribution in [0.4, 0.5) is 5.95 Å². The predicted octanol–water partition coefficient (Wildman–Crippen LogP) is 3.79. The van der Waals surface area contributed by atoms with Crippen LogP contribution in [-0.4, -0.2) is 33.8 Å². The number of ether oxygens (including phenoxy) is 2. The van der Waals surface area contributed by atoms with E-state index in [-0.39, 0.29) is 29.8 Å². The van der Waals surface area contributed by atoms with Gasteiger partial charge < -0.3 is 14.8 Å². The molecule has 148 valence electrons. The summed E-state index contributed by atoms with van der Waals surface area (Å²) in [6, 6.07) is 8.78. The van der Waals surface area contributed by atoms with Crippen molar-refractivity contribution in [3.63, 3.8) is 0 Å². The molecule has 4 rings (SSSR count). The van der Waals surface area contributed by atoms with Crippen molar-refractivity contribution < 1.29 is 9.47 Å². The zero-order valence-corrected chi connectivity index (χ0v) is 16.8. The Morgan fingerprint density at radius 3 is 2.68 bits per heavy atom. The van der Waals surface area contributed by atoms with E-state index in [1.807, 2.05) is 0 Å². The number of rotatable bonds is 4.